The zero-order chi connectivity index (χ0) is 10.6. The summed E-state index contributed by atoms with van der Waals surface area (Å²) in [6, 6.07) is -0.466. The number of carbonyl (C=O) groups is 1. The molecule has 6 heteroatoms. The largest absolute Gasteiger partial charge is 0.354 e. The van der Waals surface area contributed by atoms with Gasteiger partial charge in [-0.2, -0.15) is 5.10 Å². The van der Waals surface area contributed by atoms with E-state index in [0.29, 0.717) is 13.0 Å². The highest BCUT2D eigenvalue weighted by atomic mass is 16.2. The van der Waals surface area contributed by atoms with Gasteiger partial charge >= 0.3 is 0 Å². The summed E-state index contributed by atoms with van der Waals surface area (Å²) in [4.78, 5) is 15.1. The third kappa shape index (κ3) is 3.14. The molecule has 3 N–H and O–H groups in total. The number of carbonyl (C=O) groups excluding carboxylic acids is 1. The molecule has 1 atom stereocenters. The fourth-order valence-electron chi connectivity index (χ4n) is 0.957. The molecule has 1 aromatic heterocycles. The molecule has 78 valence electrons. The van der Waals surface area contributed by atoms with E-state index in [1.165, 1.54) is 0 Å². The minimum atomic E-state index is -0.466. The number of amides is 1. The normalized spacial score (nSPS) is 12.5. The average Bonchev–Trinajstić information content (AvgIpc) is 2.51. The van der Waals surface area contributed by atoms with E-state index in [0.717, 1.165) is 5.82 Å². The molecule has 0 radical (unpaired) electrons. The average molecular weight is 197 g/mol. The zero-order valence-electron chi connectivity index (χ0n) is 8.40. The van der Waals surface area contributed by atoms with Crippen molar-refractivity contribution in [1.82, 2.24) is 20.1 Å². The maximum Gasteiger partial charge on any atom is 0.236 e. The number of rotatable bonds is 4. The smallest absolute Gasteiger partial charge is 0.236 e. The number of aromatic nitrogens is 3. The SMILES string of the molecule is C[C@@H](N)C(=O)NCCc1ncn(C)n1. The van der Waals surface area contributed by atoms with Gasteiger partial charge in [0.25, 0.3) is 0 Å². The third-order valence-electron chi connectivity index (χ3n) is 1.71. The first-order valence-corrected chi connectivity index (χ1v) is 4.47. The fourth-order valence-corrected chi connectivity index (χ4v) is 0.957. The first kappa shape index (κ1) is 10.6. The van der Waals surface area contributed by atoms with E-state index >= 15 is 0 Å². The van der Waals surface area contributed by atoms with Crippen molar-refractivity contribution in [3.63, 3.8) is 0 Å². The molecule has 0 aromatic carbocycles. The van der Waals surface area contributed by atoms with Crippen LogP contribution in [0, 0.1) is 0 Å². The summed E-state index contributed by atoms with van der Waals surface area (Å²) in [5.74, 6) is 0.568. The molecule has 0 aliphatic rings. The summed E-state index contributed by atoms with van der Waals surface area (Å²) >= 11 is 0. The molecule has 0 saturated carbocycles. The summed E-state index contributed by atoms with van der Waals surface area (Å²) in [5.41, 5.74) is 5.37. The van der Waals surface area contributed by atoms with E-state index in [1.807, 2.05) is 0 Å². The van der Waals surface area contributed by atoms with Gasteiger partial charge < -0.3 is 11.1 Å². The Morgan fingerprint density at radius 2 is 2.50 bits per heavy atom. The summed E-state index contributed by atoms with van der Waals surface area (Å²) < 4.78 is 1.63. The fraction of sp³-hybridized carbons (Fsp3) is 0.625. The van der Waals surface area contributed by atoms with Crippen molar-refractivity contribution in [3.8, 4) is 0 Å². The van der Waals surface area contributed by atoms with Crippen LogP contribution in [0.4, 0.5) is 0 Å². The lowest BCUT2D eigenvalue weighted by atomic mass is 10.3. The molecule has 0 unspecified atom stereocenters. The van der Waals surface area contributed by atoms with Crippen LogP contribution in [0.5, 0.6) is 0 Å². The van der Waals surface area contributed by atoms with Crippen molar-refractivity contribution in [3.05, 3.63) is 12.2 Å². The Hall–Kier alpha value is -1.43. The first-order chi connectivity index (χ1) is 6.59. The molecule has 1 rings (SSSR count). The number of hydrogen-bond donors (Lipinski definition) is 2. The van der Waals surface area contributed by atoms with Crippen molar-refractivity contribution in [2.45, 2.75) is 19.4 Å². The second-order valence-corrected chi connectivity index (χ2v) is 3.16. The maximum atomic E-state index is 11.1. The van der Waals surface area contributed by atoms with Crippen LogP contribution in [-0.2, 0) is 18.3 Å². The molecule has 0 fully saturated rings. The highest BCUT2D eigenvalue weighted by Gasteiger charge is 2.06. The van der Waals surface area contributed by atoms with Gasteiger partial charge in [0.2, 0.25) is 5.91 Å². The van der Waals surface area contributed by atoms with Crippen LogP contribution in [0.15, 0.2) is 6.33 Å². The summed E-state index contributed by atoms with van der Waals surface area (Å²) in [6.45, 7) is 2.17. The number of nitrogens with one attached hydrogen (secondary N) is 1. The molecule has 6 nitrogen and oxygen atoms in total. The van der Waals surface area contributed by atoms with Crippen molar-refractivity contribution in [2.75, 3.05) is 6.54 Å². The second-order valence-electron chi connectivity index (χ2n) is 3.16. The van der Waals surface area contributed by atoms with Crippen molar-refractivity contribution < 1.29 is 4.79 Å². The molecular formula is C8H15N5O. The van der Waals surface area contributed by atoms with Gasteiger partial charge in [-0.1, -0.05) is 0 Å². The predicted octanol–water partition coefficient (Wildman–Crippen LogP) is -1.18. The molecule has 0 aliphatic heterocycles. The van der Waals surface area contributed by atoms with Crippen molar-refractivity contribution >= 4 is 5.91 Å². The Balaban J connectivity index is 2.25. The number of nitrogens with zero attached hydrogens (tertiary/aromatic N) is 3. The van der Waals surface area contributed by atoms with Crippen LogP contribution < -0.4 is 11.1 Å². The van der Waals surface area contributed by atoms with Crippen LogP contribution in [0.2, 0.25) is 0 Å². The van der Waals surface area contributed by atoms with E-state index in [-0.39, 0.29) is 5.91 Å². The van der Waals surface area contributed by atoms with Crippen LogP contribution in [0.3, 0.4) is 0 Å². The van der Waals surface area contributed by atoms with E-state index < -0.39 is 6.04 Å². The summed E-state index contributed by atoms with van der Waals surface area (Å²) in [7, 11) is 1.80. The van der Waals surface area contributed by atoms with Gasteiger partial charge in [-0.15, -0.1) is 0 Å². The maximum absolute atomic E-state index is 11.1. The number of hydrogen-bond acceptors (Lipinski definition) is 4. The predicted molar refractivity (Wildman–Crippen MR) is 51.4 cm³/mol. The summed E-state index contributed by atoms with van der Waals surface area (Å²) in [5, 5.41) is 6.76. The van der Waals surface area contributed by atoms with Crippen molar-refractivity contribution in [1.29, 1.82) is 0 Å². The van der Waals surface area contributed by atoms with E-state index in [4.69, 9.17) is 5.73 Å². The number of aryl methyl sites for hydroxylation is 1. The molecule has 0 bridgehead atoms. The Labute approximate surface area is 82.5 Å². The van der Waals surface area contributed by atoms with Crippen LogP contribution in [0.25, 0.3) is 0 Å². The zero-order valence-corrected chi connectivity index (χ0v) is 8.40. The Bertz CT molecular complexity index is 306. The Morgan fingerprint density at radius 1 is 1.79 bits per heavy atom. The van der Waals surface area contributed by atoms with Gasteiger partial charge in [0.05, 0.1) is 6.04 Å². The van der Waals surface area contributed by atoms with Crippen molar-refractivity contribution in [2.24, 2.45) is 12.8 Å². The van der Waals surface area contributed by atoms with E-state index in [2.05, 4.69) is 15.4 Å². The van der Waals surface area contributed by atoms with Gasteiger partial charge in [0, 0.05) is 20.0 Å². The van der Waals surface area contributed by atoms with Gasteiger partial charge in [0.15, 0.2) is 5.82 Å². The first-order valence-electron chi connectivity index (χ1n) is 4.47. The highest BCUT2D eigenvalue weighted by Crippen LogP contribution is 1.88. The summed E-state index contributed by atoms with van der Waals surface area (Å²) in [6.07, 6.45) is 2.25. The molecule has 14 heavy (non-hydrogen) atoms. The Kier molecular flexibility index (Phi) is 3.58. The monoisotopic (exact) mass is 197 g/mol. The van der Waals surface area contributed by atoms with Crippen LogP contribution >= 0.6 is 0 Å². The lowest BCUT2D eigenvalue weighted by molar-refractivity contribution is -0.121. The molecule has 0 saturated heterocycles. The molecule has 0 aliphatic carbocycles. The van der Waals surface area contributed by atoms with Crippen LogP contribution in [0.1, 0.15) is 12.7 Å². The standard InChI is InChI=1S/C8H15N5O/c1-6(9)8(14)10-4-3-7-11-5-13(2)12-7/h5-6H,3-4,9H2,1-2H3,(H,10,14)/t6-/m1/s1. The molecule has 1 heterocycles. The molecule has 0 spiro atoms. The third-order valence-corrected chi connectivity index (χ3v) is 1.71. The minimum absolute atomic E-state index is 0.152. The lowest BCUT2D eigenvalue weighted by Gasteiger charge is -2.05. The van der Waals surface area contributed by atoms with Gasteiger partial charge in [0.1, 0.15) is 6.33 Å². The van der Waals surface area contributed by atoms with E-state index in [9.17, 15) is 4.79 Å². The highest BCUT2D eigenvalue weighted by molar-refractivity contribution is 5.80. The minimum Gasteiger partial charge on any atom is -0.354 e. The molecule has 1 amide bonds. The molecule has 1 aromatic rings. The van der Waals surface area contributed by atoms with E-state index in [1.54, 1.807) is 25.0 Å². The van der Waals surface area contributed by atoms with Gasteiger partial charge in [-0.25, -0.2) is 4.98 Å². The number of nitrogens with two attached hydrogens (primary N) is 1. The van der Waals surface area contributed by atoms with Crippen LogP contribution in [-0.4, -0.2) is 33.3 Å². The second kappa shape index (κ2) is 4.71. The lowest BCUT2D eigenvalue weighted by Crippen LogP contribution is -2.39. The molecular weight excluding hydrogens is 182 g/mol. The quantitative estimate of drug-likeness (QED) is 0.636. The topological polar surface area (TPSA) is 85.8 Å². The van der Waals surface area contributed by atoms with Gasteiger partial charge in [-0.05, 0) is 6.92 Å². The van der Waals surface area contributed by atoms with Gasteiger partial charge in [-0.3, -0.25) is 9.48 Å². The Morgan fingerprint density at radius 3 is 3.00 bits per heavy atom.